The first-order chi connectivity index (χ1) is 6.62. The Hall–Kier alpha value is -0.360. The monoisotopic (exact) mass is 272 g/mol. The summed E-state index contributed by atoms with van der Waals surface area (Å²) < 4.78 is 75.4. The molecule has 0 aliphatic carbocycles. The van der Waals surface area contributed by atoms with Crippen LogP contribution in [0.3, 0.4) is 0 Å². The second kappa shape index (κ2) is 4.65. The molecule has 88 valence electrons. The van der Waals surface area contributed by atoms with Crippen molar-refractivity contribution in [2.24, 2.45) is 0 Å². The molecule has 0 unspecified atom stereocenters. The van der Waals surface area contributed by atoms with Crippen LogP contribution < -0.4 is 0 Å². The Morgan fingerprint density at radius 2 is 0.933 bits per heavy atom. The van der Waals surface area contributed by atoms with E-state index in [2.05, 4.69) is 23.2 Å². The van der Waals surface area contributed by atoms with Gasteiger partial charge in [-0.15, -0.1) is 0 Å². The van der Waals surface area contributed by atoms with Crippen LogP contribution in [-0.2, 0) is 0 Å². The van der Waals surface area contributed by atoms with Gasteiger partial charge in [-0.05, 0) is 0 Å². The first kappa shape index (κ1) is 14.6. The Kier molecular flexibility index (Phi) is 4.54. The van der Waals surface area contributed by atoms with E-state index in [4.69, 9.17) is 0 Å². The van der Waals surface area contributed by atoms with Crippen LogP contribution in [0, 0.1) is 0 Å². The van der Waals surface area contributed by atoms with Crippen LogP contribution in [0.4, 0.5) is 26.3 Å². The molecule has 0 aliphatic heterocycles. The number of allylic oxidation sites excluding steroid dienone is 2. The molecule has 0 N–H and O–H groups in total. The summed E-state index contributed by atoms with van der Waals surface area (Å²) in [4.78, 5) is 0. The van der Waals surface area contributed by atoms with E-state index in [1.54, 1.807) is 0 Å². The van der Waals surface area contributed by atoms with Crippen LogP contribution in [0.1, 0.15) is 0 Å². The lowest BCUT2D eigenvalue weighted by Gasteiger charge is -2.28. The first-order valence-corrected chi connectivity index (χ1v) is 4.19. The Morgan fingerprint density at radius 3 is 1.13 bits per heavy atom. The Labute approximate surface area is 91.1 Å². The highest BCUT2D eigenvalue weighted by molar-refractivity contribution is 6.25. The summed E-state index contributed by atoms with van der Waals surface area (Å²) >= 11 is 9.27. The van der Waals surface area contributed by atoms with Gasteiger partial charge < -0.3 is 0 Å². The number of rotatable bonds is 4. The van der Waals surface area contributed by atoms with Crippen molar-refractivity contribution in [2.45, 2.75) is 17.8 Å². The third-order valence-electron chi connectivity index (χ3n) is 1.38. The number of halogens is 8. The highest BCUT2D eigenvalue weighted by Gasteiger charge is 2.69. The molecule has 0 rings (SSSR count). The van der Waals surface area contributed by atoms with Gasteiger partial charge in [0.25, 0.3) is 0 Å². The number of alkyl halides is 6. The fourth-order valence-corrected chi connectivity index (χ4v) is 0.906. The number of hydrogen-bond donors (Lipinski definition) is 0. The maximum Gasteiger partial charge on any atom is 0.379 e. The zero-order valence-corrected chi connectivity index (χ0v) is 8.34. The normalized spacial score (nSPS) is 15.5. The minimum absolute atomic E-state index is 0.0361. The number of hydrogen-bond acceptors (Lipinski definition) is 0. The van der Waals surface area contributed by atoms with Gasteiger partial charge >= 0.3 is 17.8 Å². The molecule has 0 radical (unpaired) electrons. The maximum atomic E-state index is 12.6. The molecule has 0 fully saturated rings. The molecular formula is C7H4Cl2F6. The summed E-state index contributed by atoms with van der Waals surface area (Å²) in [5, 5.41) is 0. The summed E-state index contributed by atoms with van der Waals surface area (Å²) in [6, 6.07) is 0. The van der Waals surface area contributed by atoms with Gasteiger partial charge in [0.1, 0.15) is 0 Å². The maximum absolute atomic E-state index is 12.6. The van der Waals surface area contributed by atoms with Crippen molar-refractivity contribution < 1.29 is 26.3 Å². The average Bonchev–Trinajstić information content (AvgIpc) is 2.03. The van der Waals surface area contributed by atoms with E-state index in [1.165, 1.54) is 0 Å². The predicted octanol–water partition coefficient (Wildman–Crippen LogP) is 4.40. The highest BCUT2D eigenvalue weighted by Crippen LogP contribution is 2.47. The SMILES string of the molecule is FC(F)(/C=C/Cl)C(F)(F)C(F)(F)/C=C/Cl. The Balaban J connectivity index is 5.29. The summed E-state index contributed by atoms with van der Waals surface area (Å²) in [7, 11) is 0. The summed E-state index contributed by atoms with van der Waals surface area (Å²) in [6.07, 6.45) is -1.05. The summed E-state index contributed by atoms with van der Waals surface area (Å²) in [6.45, 7) is 0. The van der Waals surface area contributed by atoms with E-state index in [1.807, 2.05) is 0 Å². The van der Waals surface area contributed by atoms with Crippen LogP contribution in [0.15, 0.2) is 23.2 Å². The molecule has 8 heteroatoms. The minimum Gasteiger partial charge on any atom is -0.195 e. The van der Waals surface area contributed by atoms with Crippen LogP contribution in [0.5, 0.6) is 0 Å². The van der Waals surface area contributed by atoms with Crippen molar-refractivity contribution in [2.75, 3.05) is 0 Å². The lowest BCUT2D eigenvalue weighted by atomic mass is 10.1. The largest absolute Gasteiger partial charge is 0.379 e. The molecule has 0 aromatic carbocycles. The van der Waals surface area contributed by atoms with Crippen molar-refractivity contribution in [3.8, 4) is 0 Å². The van der Waals surface area contributed by atoms with Gasteiger partial charge in [0.2, 0.25) is 0 Å². The quantitative estimate of drug-likeness (QED) is 0.666. The van der Waals surface area contributed by atoms with E-state index >= 15 is 0 Å². The lowest BCUT2D eigenvalue weighted by Crippen LogP contribution is -2.52. The van der Waals surface area contributed by atoms with Crippen molar-refractivity contribution in [3.05, 3.63) is 23.2 Å². The molecule has 15 heavy (non-hydrogen) atoms. The predicted molar refractivity (Wildman–Crippen MR) is 44.8 cm³/mol. The molecular weight excluding hydrogens is 269 g/mol. The van der Waals surface area contributed by atoms with Gasteiger partial charge in [0, 0.05) is 23.2 Å². The highest BCUT2D eigenvalue weighted by atomic mass is 35.5. The fraction of sp³-hybridized carbons (Fsp3) is 0.429. The van der Waals surface area contributed by atoms with Gasteiger partial charge in [-0.2, -0.15) is 26.3 Å². The van der Waals surface area contributed by atoms with Crippen LogP contribution in [0.2, 0.25) is 0 Å². The van der Waals surface area contributed by atoms with E-state index in [-0.39, 0.29) is 11.1 Å². The zero-order valence-electron chi connectivity index (χ0n) is 6.83. The van der Waals surface area contributed by atoms with Gasteiger partial charge in [-0.3, -0.25) is 0 Å². The first-order valence-electron chi connectivity index (χ1n) is 3.31. The van der Waals surface area contributed by atoms with E-state index in [0.717, 1.165) is 0 Å². The summed E-state index contributed by atoms with van der Waals surface area (Å²) in [5.41, 5.74) is 0.0722. The van der Waals surface area contributed by atoms with Crippen LogP contribution >= 0.6 is 23.2 Å². The molecule has 0 atom stereocenters. The molecule has 0 amide bonds. The van der Waals surface area contributed by atoms with Gasteiger partial charge in [-0.1, -0.05) is 23.2 Å². The average molecular weight is 273 g/mol. The molecule has 0 bridgehead atoms. The standard InChI is InChI=1S/C7H4Cl2F6/c8-3-1-5(10,11)7(14,15)6(12,13)2-4-9/h1-4H/b3-1+,4-2+. The molecule has 0 saturated heterocycles. The van der Waals surface area contributed by atoms with E-state index in [9.17, 15) is 26.3 Å². The third kappa shape index (κ3) is 2.81. The fourth-order valence-electron chi connectivity index (χ4n) is 0.590. The smallest absolute Gasteiger partial charge is 0.195 e. The van der Waals surface area contributed by atoms with Gasteiger partial charge in [0.15, 0.2) is 0 Å². The Bertz CT molecular complexity index is 245. The molecule has 0 heterocycles. The lowest BCUT2D eigenvalue weighted by molar-refractivity contribution is -0.273. The Morgan fingerprint density at radius 1 is 0.667 bits per heavy atom. The van der Waals surface area contributed by atoms with Gasteiger partial charge in [-0.25, -0.2) is 0 Å². The molecule has 0 spiro atoms. The van der Waals surface area contributed by atoms with Crippen LogP contribution in [0.25, 0.3) is 0 Å². The summed E-state index contributed by atoms with van der Waals surface area (Å²) in [5.74, 6) is -15.8. The van der Waals surface area contributed by atoms with E-state index in [0.29, 0.717) is 0 Å². The molecule has 0 saturated carbocycles. The minimum atomic E-state index is -5.61. The topological polar surface area (TPSA) is 0 Å². The third-order valence-corrected chi connectivity index (χ3v) is 1.63. The molecule has 0 aliphatic rings. The second-order valence-electron chi connectivity index (χ2n) is 2.41. The molecule has 0 aromatic rings. The van der Waals surface area contributed by atoms with Gasteiger partial charge in [0.05, 0.1) is 0 Å². The van der Waals surface area contributed by atoms with Crippen molar-refractivity contribution in [1.29, 1.82) is 0 Å². The zero-order chi connectivity index (χ0) is 12.3. The molecule has 0 aromatic heterocycles. The van der Waals surface area contributed by atoms with E-state index < -0.39 is 29.9 Å². The van der Waals surface area contributed by atoms with Crippen molar-refractivity contribution >= 4 is 23.2 Å². The van der Waals surface area contributed by atoms with Crippen molar-refractivity contribution in [1.82, 2.24) is 0 Å². The van der Waals surface area contributed by atoms with Crippen molar-refractivity contribution in [3.63, 3.8) is 0 Å². The van der Waals surface area contributed by atoms with Crippen LogP contribution in [-0.4, -0.2) is 17.8 Å². The second-order valence-corrected chi connectivity index (χ2v) is 2.91. The molecule has 0 nitrogen and oxygen atoms in total.